The Hall–Kier alpha value is -1.20. The van der Waals surface area contributed by atoms with Gasteiger partial charge in [0.1, 0.15) is 11.6 Å². The highest BCUT2D eigenvalue weighted by molar-refractivity contribution is 5.85. The van der Waals surface area contributed by atoms with Crippen LogP contribution in [0.1, 0.15) is 18.4 Å². The van der Waals surface area contributed by atoms with Crippen molar-refractivity contribution in [3.63, 3.8) is 0 Å². The van der Waals surface area contributed by atoms with E-state index in [-0.39, 0.29) is 36.3 Å². The summed E-state index contributed by atoms with van der Waals surface area (Å²) in [6, 6.07) is 3.82. The summed E-state index contributed by atoms with van der Waals surface area (Å²) in [6.45, 7) is 1.30. The molecule has 3 rings (SSSR count). The van der Waals surface area contributed by atoms with E-state index in [1.165, 1.54) is 18.2 Å². The first-order valence-electron chi connectivity index (χ1n) is 7.02. The summed E-state index contributed by atoms with van der Waals surface area (Å²) in [6.07, 6.45) is 1.84. The van der Waals surface area contributed by atoms with E-state index in [1.807, 2.05) is 0 Å². The molecule has 1 amide bonds. The van der Waals surface area contributed by atoms with Crippen molar-refractivity contribution < 1.29 is 13.6 Å². The maximum Gasteiger partial charge on any atom is 0.227 e. The smallest absolute Gasteiger partial charge is 0.227 e. The monoisotopic (exact) mass is 316 g/mol. The van der Waals surface area contributed by atoms with Crippen molar-refractivity contribution in [1.29, 1.82) is 0 Å². The van der Waals surface area contributed by atoms with Gasteiger partial charge in [0, 0.05) is 24.7 Å². The van der Waals surface area contributed by atoms with Gasteiger partial charge in [0.05, 0.1) is 6.42 Å². The van der Waals surface area contributed by atoms with Crippen LogP contribution in [0, 0.1) is 23.5 Å². The van der Waals surface area contributed by atoms with Crippen LogP contribution in [0.4, 0.5) is 8.78 Å². The molecular formula is C15H19ClF2N2O. The van der Waals surface area contributed by atoms with Gasteiger partial charge in [-0.2, -0.15) is 0 Å². The van der Waals surface area contributed by atoms with Crippen molar-refractivity contribution in [1.82, 2.24) is 4.90 Å². The third-order valence-corrected chi connectivity index (χ3v) is 4.65. The lowest BCUT2D eigenvalue weighted by molar-refractivity contribution is -0.129. The Kier molecular flexibility index (Phi) is 4.84. The third kappa shape index (κ3) is 3.04. The number of amides is 1. The highest BCUT2D eigenvalue weighted by Crippen LogP contribution is 2.37. The van der Waals surface area contributed by atoms with Gasteiger partial charge in [-0.05, 0) is 36.8 Å². The Labute approximate surface area is 128 Å². The molecule has 2 N–H and O–H groups in total. The predicted molar refractivity (Wildman–Crippen MR) is 78.1 cm³/mol. The van der Waals surface area contributed by atoms with Crippen molar-refractivity contribution in [2.24, 2.45) is 17.6 Å². The van der Waals surface area contributed by atoms with Crippen LogP contribution in [0.25, 0.3) is 0 Å². The van der Waals surface area contributed by atoms with Crippen molar-refractivity contribution in [2.75, 3.05) is 13.1 Å². The number of rotatable bonds is 2. The van der Waals surface area contributed by atoms with Crippen LogP contribution in [0.15, 0.2) is 18.2 Å². The Balaban J connectivity index is 0.00000161. The minimum atomic E-state index is -0.658. The second-order valence-electron chi connectivity index (χ2n) is 5.84. The van der Waals surface area contributed by atoms with E-state index >= 15 is 0 Å². The minimum absolute atomic E-state index is 0. The SMILES string of the molecule is Cl.NC1CCC2CN(C(=O)Cc3c(F)cccc3F)CC12. The van der Waals surface area contributed by atoms with Crippen LogP contribution < -0.4 is 5.73 Å². The van der Waals surface area contributed by atoms with E-state index in [9.17, 15) is 13.6 Å². The predicted octanol–water partition coefficient (Wildman–Crippen LogP) is 2.12. The number of benzene rings is 1. The van der Waals surface area contributed by atoms with Crippen LogP contribution in [-0.2, 0) is 11.2 Å². The number of likely N-dealkylation sites (tertiary alicyclic amines) is 1. The molecule has 1 heterocycles. The first-order chi connectivity index (χ1) is 9.56. The summed E-state index contributed by atoms with van der Waals surface area (Å²) < 4.78 is 27.1. The number of carbonyl (C=O) groups is 1. The minimum Gasteiger partial charge on any atom is -0.342 e. The number of nitrogens with two attached hydrogens (primary N) is 1. The third-order valence-electron chi connectivity index (χ3n) is 4.65. The van der Waals surface area contributed by atoms with Crippen LogP contribution in [0.5, 0.6) is 0 Å². The first-order valence-corrected chi connectivity index (χ1v) is 7.02. The normalized spacial score (nSPS) is 27.4. The van der Waals surface area contributed by atoms with E-state index in [2.05, 4.69) is 0 Å². The molecule has 1 aliphatic heterocycles. The summed E-state index contributed by atoms with van der Waals surface area (Å²) in [5.41, 5.74) is 5.89. The molecule has 0 aromatic heterocycles. The number of hydrogen-bond acceptors (Lipinski definition) is 2. The lowest BCUT2D eigenvalue weighted by Crippen LogP contribution is -2.34. The van der Waals surface area contributed by atoms with Crippen molar-refractivity contribution in [3.8, 4) is 0 Å². The fourth-order valence-corrected chi connectivity index (χ4v) is 3.48. The zero-order chi connectivity index (χ0) is 14.3. The summed E-state index contributed by atoms with van der Waals surface area (Å²) >= 11 is 0. The highest BCUT2D eigenvalue weighted by Gasteiger charge is 2.42. The fraction of sp³-hybridized carbons (Fsp3) is 0.533. The molecule has 2 aliphatic rings. The molecule has 0 spiro atoms. The van der Waals surface area contributed by atoms with Crippen LogP contribution in [0.2, 0.25) is 0 Å². The fourth-order valence-electron chi connectivity index (χ4n) is 3.48. The molecule has 1 aromatic rings. The Bertz CT molecular complexity index is 520. The molecule has 3 atom stereocenters. The van der Waals surface area contributed by atoms with E-state index in [0.717, 1.165) is 12.8 Å². The molecule has 6 heteroatoms. The Morgan fingerprint density at radius 3 is 2.52 bits per heavy atom. The van der Waals surface area contributed by atoms with Crippen LogP contribution in [0.3, 0.4) is 0 Å². The van der Waals surface area contributed by atoms with Crippen molar-refractivity contribution in [3.05, 3.63) is 35.4 Å². The standard InChI is InChI=1S/C15H18F2N2O.ClH/c16-12-2-1-3-13(17)10(12)6-15(20)19-7-9-4-5-14(18)11(9)8-19;/h1-3,9,11,14H,4-8,18H2;1H. The first kappa shape index (κ1) is 16.2. The maximum absolute atomic E-state index is 13.6. The van der Waals surface area contributed by atoms with Crippen molar-refractivity contribution in [2.45, 2.75) is 25.3 Å². The van der Waals surface area contributed by atoms with Gasteiger partial charge in [-0.25, -0.2) is 8.78 Å². The molecule has 0 radical (unpaired) electrons. The molecule has 1 saturated carbocycles. The van der Waals surface area contributed by atoms with Gasteiger partial charge in [-0.15, -0.1) is 12.4 Å². The average molecular weight is 317 g/mol. The molecule has 1 aromatic carbocycles. The van der Waals surface area contributed by atoms with Crippen LogP contribution >= 0.6 is 12.4 Å². The summed E-state index contributed by atoms with van der Waals surface area (Å²) in [7, 11) is 0. The number of halogens is 3. The molecule has 1 saturated heterocycles. The van der Waals surface area contributed by atoms with Gasteiger partial charge in [0.2, 0.25) is 5.91 Å². The zero-order valence-electron chi connectivity index (χ0n) is 11.6. The van der Waals surface area contributed by atoms with E-state index < -0.39 is 11.6 Å². The second kappa shape index (κ2) is 6.28. The van der Waals surface area contributed by atoms with Gasteiger partial charge < -0.3 is 10.6 Å². The van der Waals surface area contributed by atoms with Gasteiger partial charge in [0.25, 0.3) is 0 Å². The van der Waals surface area contributed by atoms with Crippen molar-refractivity contribution >= 4 is 18.3 Å². The summed E-state index contributed by atoms with van der Waals surface area (Å²) in [4.78, 5) is 13.9. The molecule has 2 fully saturated rings. The molecule has 1 aliphatic carbocycles. The Morgan fingerprint density at radius 1 is 1.24 bits per heavy atom. The van der Waals surface area contributed by atoms with E-state index in [1.54, 1.807) is 4.90 Å². The van der Waals surface area contributed by atoms with Gasteiger partial charge >= 0.3 is 0 Å². The quantitative estimate of drug-likeness (QED) is 0.908. The topological polar surface area (TPSA) is 46.3 Å². The number of fused-ring (bicyclic) bond motifs is 1. The molecule has 116 valence electrons. The molecule has 3 unspecified atom stereocenters. The summed E-state index contributed by atoms with van der Waals surface area (Å²) in [5, 5.41) is 0. The largest absolute Gasteiger partial charge is 0.342 e. The van der Waals surface area contributed by atoms with Crippen LogP contribution in [-0.4, -0.2) is 29.9 Å². The maximum atomic E-state index is 13.6. The van der Waals surface area contributed by atoms with Gasteiger partial charge in [0.15, 0.2) is 0 Å². The Morgan fingerprint density at radius 2 is 1.90 bits per heavy atom. The average Bonchev–Trinajstić information content (AvgIpc) is 2.97. The van der Waals surface area contributed by atoms with E-state index in [4.69, 9.17) is 5.73 Å². The van der Waals surface area contributed by atoms with Gasteiger partial charge in [-0.1, -0.05) is 6.07 Å². The lowest BCUT2D eigenvalue weighted by atomic mass is 9.98. The highest BCUT2D eigenvalue weighted by atomic mass is 35.5. The molecule has 3 nitrogen and oxygen atoms in total. The number of nitrogens with zero attached hydrogens (tertiary/aromatic N) is 1. The number of carbonyl (C=O) groups excluding carboxylic acids is 1. The molecule has 21 heavy (non-hydrogen) atoms. The molecule has 0 bridgehead atoms. The summed E-state index contributed by atoms with van der Waals surface area (Å²) in [5.74, 6) is -0.719. The molecular weight excluding hydrogens is 298 g/mol. The second-order valence-corrected chi connectivity index (χ2v) is 5.84. The zero-order valence-corrected chi connectivity index (χ0v) is 12.4. The lowest BCUT2D eigenvalue weighted by Gasteiger charge is -2.19. The van der Waals surface area contributed by atoms with Gasteiger partial charge in [-0.3, -0.25) is 4.79 Å². The number of hydrogen-bond donors (Lipinski definition) is 1. The van der Waals surface area contributed by atoms with E-state index in [0.29, 0.717) is 24.9 Å².